The van der Waals surface area contributed by atoms with Crippen LogP contribution in [0.5, 0.6) is 0 Å². The Bertz CT molecular complexity index is 148. The second kappa shape index (κ2) is 5.69. The van der Waals surface area contributed by atoms with Crippen LogP contribution < -0.4 is 11.1 Å². The van der Waals surface area contributed by atoms with E-state index in [0.717, 1.165) is 39.0 Å². The van der Waals surface area contributed by atoms with Crippen LogP contribution in [0.2, 0.25) is 0 Å². The maximum Gasteiger partial charge on any atom is 0.0480 e. The summed E-state index contributed by atoms with van der Waals surface area (Å²) < 4.78 is 5.30. The van der Waals surface area contributed by atoms with Gasteiger partial charge in [-0.15, -0.1) is 0 Å². The Balaban J connectivity index is 1.97. The second-order valence-electron chi connectivity index (χ2n) is 4.93. The van der Waals surface area contributed by atoms with Crippen LogP contribution in [-0.4, -0.2) is 31.3 Å². The van der Waals surface area contributed by atoms with Gasteiger partial charge in [-0.2, -0.15) is 0 Å². The van der Waals surface area contributed by atoms with Gasteiger partial charge in [0.25, 0.3) is 0 Å². The monoisotopic (exact) mass is 200 g/mol. The van der Waals surface area contributed by atoms with Gasteiger partial charge in [-0.25, -0.2) is 0 Å². The predicted molar refractivity (Wildman–Crippen MR) is 59.3 cm³/mol. The van der Waals surface area contributed by atoms with Crippen LogP contribution in [0, 0.1) is 0 Å². The molecule has 1 rings (SSSR count). The first kappa shape index (κ1) is 12.0. The molecule has 1 fully saturated rings. The summed E-state index contributed by atoms with van der Waals surface area (Å²) in [7, 11) is 0. The third-order valence-corrected chi connectivity index (χ3v) is 2.65. The summed E-state index contributed by atoms with van der Waals surface area (Å²) in [5.41, 5.74) is 5.89. The molecule has 0 aromatic carbocycles. The van der Waals surface area contributed by atoms with E-state index in [-0.39, 0.29) is 5.54 Å². The van der Waals surface area contributed by atoms with Gasteiger partial charge in [0.15, 0.2) is 0 Å². The van der Waals surface area contributed by atoms with E-state index >= 15 is 0 Å². The topological polar surface area (TPSA) is 47.3 Å². The van der Waals surface area contributed by atoms with Crippen LogP contribution >= 0.6 is 0 Å². The molecule has 1 aliphatic heterocycles. The highest BCUT2D eigenvalue weighted by Gasteiger charge is 2.13. The van der Waals surface area contributed by atoms with Crippen molar-refractivity contribution in [2.45, 2.75) is 51.1 Å². The summed E-state index contributed by atoms with van der Waals surface area (Å²) in [4.78, 5) is 0. The molecule has 0 bridgehead atoms. The Kier molecular flexibility index (Phi) is 4.85. The standard InChI is InChI=1S/C11H24N2O/c1-11(2,12)6-3-7-13-10-4-8-14-9-5-10/h10,13H,3-9,12H2,1-2H3. The lowest BCUT2D eigenvalue weighted by Gasteiger charge is -2.24. The summed E-state index contributed by atoms with van der Waals surface area (Å²) in [6.07, 6.45) is 4.57. The second-order valence-corrected chi connectivity index (χ2v) is 4.93. The molecule has 3 N–H and O–H groups in total. The molecule has 3 heteroatoms. The first-order valence-corrected chi connectivity index (χ1v) is 5.68. The highest BCUT2D eigenvalue weighted by molar-refractivity contribution is 4.74. The van der Waals surface area contributed by atoms with Crippen molar-refractivity contribution in [2.75, 3.05) is 19.8 Å². The Morgan fingerprint density at radius 2 is 2.00 bits per heavy atom. The van der Waals surface area contributed by atoms with E-state index in [2.05, 4.69) is 19.2 Å². The highest BCUT2D eigenvalue weighted by Crippen LogP contribution is 2.08. The highest BCUT2D eigenvalue weighted by atomic mass is 16.5. The van der Waals surface area contributed by atoms with Gasteiger partial charge in [0.2, 0.25) is 0 Å². The van der Waals surface area contributed by atoms with E-state index in [9.17, 15) is 0 Å². The first-order valence-electron chi connectivity index (χ1n) is 5.68. The first-order chi connectivity index (χ1) is 6.58. The Morgan fingerprint density at radius 3 is 2.57 bits per heavy atom. The van der Waals surface area contributed by atoms with E-state index in [4.69, 9.17) is 10.5 Å². The molecule has 0 aromatic rings. The van der Waals surface area contributed by atoms with Gasteiger partial charge in [-0.3, -0.25) is 0 Å². The lowest BCUT2D eigenvalue weighted by molar-refractivity contribution is 0.0779. The van der Waals surface area contributed by atoms with Gasteiger partial charge in [-0.05, 0) is 46.1 Å². The van der Waals surface area contributed by atoms with Crippen LogP contribution in [0.3, 0.4) is 0 Å². The summed E-state index contributed by atoms with van der Waals surface area (Å²) >= 11 is 0. The summed E-state index contributed by atoms with van der Waals surface area (Å²) in [6.45, 7) is 7.09. The minimum absolute atomic E-state index is 0.0165. The molecule has 1 saturated heterocycles. The molecule has 1 aliphatic rings. The number of hydrogen-bond acceptors (Lipinski definition) is 3. The number of nitrogens with one attached hydrogen (secondary N) is 1. The zero-order chi connectivity index (χ0) is 10.4. The fraction of sp³-hybridized carbons (Fsp3) is 1.00. The molecule has 0 unspecified atom stereocenters. The van der Waals surface area contributed by atoms with Crippen molar-refractivity contribution in [3.05, 3.63) is 0 Å². The molecule has 0 aromatic heterocycles. The van der Waals surface area contributed by atoms with Crippen molar-refractivity contribution >= 4 is 0 Å². The molecule has 0 saturated carbocycles. The molecule has 0 amide bonds. The molecule has 84 valence electrons. The molecular formula is C11H24N2O. The van der Waals surface area contributed by atoms with Crippen LogP contribution in [0.1, 0.15) is 39.5 Å². The zero-order valence-corrected chi connectivity index (χ0v) is 9.51. The summed E-state index contributed by atoms with van der Waals surface area (Å²) in [5.74, 6) is 0. The van der Waals surface area contributed by atoms with Crippen molar-refractivity contribution in [3.8, 4) is 0 Å². The Labute approximate surface area is 87.4 Å². The van der Waals surface area contributed by atoms with Crippen molar-refractivity contribution in [2.24, 2.45) is 5.73 Å². The fourth-order valence-corrected chi connectivity index (χ4v) is 1.75. The van der Waals surface area contributed by atoms with Gasteiger partial charge < -0.3 is 15.8 Å². The molecular weight excluding hydrogens is 176 g/mol. The average Bonchev–Trinajstić information content (AvgIpc) is 2.13. The summed E-state index contributed by atoms with van der Waals surface area (Å²) in [5, 5.41) is 3.56. The van der Waals surface area contributed by atoms with E-state index in [1.807, 2.05) is 0 Å². The van der Waals surface area contributed by atoms with Gasteiger partial charge in [0, 0.05) is 24.8 Å². The van der Waals surface area contributed by atoms with Crippen molar-refractivity contribution in [1.29, 1.82) is 0 Å². The number of hydrogen-bond donors (Lipinski definition) is 2. The molecule has 0 aliphatic carbocycles. The average molecular weight is 200 g/mol. The normalized spacial score (nSPS) is 19.9. The molecule has 0 spiro atoms. The molecule has 0 atom stereocenters. The van der Waals surface area contributed by atoms with E-state index < -0.39 is 0 Å². The summed E-state index contributed by atoms with van der Waals surface area (Å²) in [6, 6.07) is 0.671. The van der Waals surface area contributed by atoms with Gasteiger partial charge in [0.05, 0.1) is 0 Å². The Morgan fingerprint density at radius 1 is 1.36 bits per heavy atom. The smallest absolute Gasteiger partial charge is 0.0480 e. The lowest BCUT2D eigenvalue weighted by atomic mass is 10.00. The van der Waals surface area contributed by atoms with Gasteiger partial charge >= 0.3 is 0 Å². The third kappa shape index (κ3) is 5.58. The van der Waals surface area contributed by atoms with E-state index in [0.29, 0.717) is 6.04 Å². The van der Waals surface area contributed by atoms with Gasteiger partial charge in [0.1, 0.15) is 0 Å². The number of rotatable bonds is 5. The molecule has 1 heterocycles. The molecule has 3 nitrogen and oxygen atoms in total. The predicted octanol–water partition coefficient (Wildman–Crippen LogP) is 1.27. The SMILES string of the molecule is CC(C)(N)CCCNC1CCOCC1. The fourth-order valence-electron chi connectivity index (χ4n) is 1.75. The Hall–Kier alpha value is -0.120. The van der Waals surface area contributed by atoms with E-state index in [1.54, 1.807) is 0 Å². The van der Waals surface area contributed by atoms with Crippen LogP contribution in [-0.2, 0) is 4.74 Å². The quantitative estimate of drug-likeness (QED) is 0.657. The van der Waals surface area contributed by atoms with Crippen LogP contribution in [0.25, 0.3) is 0 Å². The van der Waals surface area contributed by atoms with Crippen molar-refractivity contribution < 1.29 is 4.74 Å². The van der Waals surface area contributed by atoms with Crippen LogP contribution in [0.4, 0.5) is 0 Å². The maximum atomic E-state index is 5.91. The third-order valence-electron chi connectivity index (χ3n) is 2.65. The van der Waals surface area contributed by atoms with E-state index in [1.165, 1.54) is 6.42 Å². The maximum absolute atomic E-state index is 5.91. The molecule has 14 heavy (non-hydrogen) atoms. The van der Waals surface area contributed by atoms with Crippen LogP contribution in [0.15, 0.2) is 0 Å². The van der Waals surface area contributed by atoms with Gasteiger partial charge in [-0.1, -0.05) is 0 Å². The number of ether oxygens (including phenoxy) is 1. The minimum atomic E-state index is -0.0165. The molecule has 0 radical (unpaired) electrons. The number of nitrogens with two attached hydrogens (primary N) is 1. The minimum Gasteiger partial charge on any atom is -0.381 e. The van der Waals surface area contributed by atoms with Crippen molar-refractivity contribution in [1.82, 2.24) is 5.32 Å². The lowest BCUT2D eigenvalue weighted by Crippen LogP contribution is -2.37. The largest absolute Gasteiger partial charge is 0.381 e. The van der Waals surface area contributed by atoms with Crippen molar-refractivity contribution in [3.63, 3.8) is 0 Å². The zero-order valence-electron chi connectivity index (χ0n) is 9.51.